The SMILES string of the molecule is CCc1cc(C(=O)OC(C)C(=O)Nc2ccc([N+](=O)[O-])cc2)sc1C. The number of carbonyl (C=O) groups is 2. The Morgan fingerprint density at radius 3 is 2.48 bits per heavy atom. The number of aryl methyl sites for hydroxylation is 2. The van der Waals surface area contributed by atoms with Gasteiger partial charge in [-0.1, -0.05) is 6.92 Å². The summed E-state index contributed by atoms with van der Waals surface area (Å²) >= 11 is 1.34. The van der Waals surface area contributed by atoms with E-state index in [1.54, 1.807) is 6.07 Å². The minimum absolute atomic E-state index is 0.0720. The molecule has 0 fully saturated rings. The van der Waals surface area contributed by atoms with Gasteiger partial charge in [-0.05, 0) is 44.0 Å². The fourth-order valence-corrected chi connectivity index (χ4v) is 3.15. The van der Waals surface area contributed by atoms with Gasteiger partial charge in [-0.25, -0.2) is 4.79 Å². The van der Waals surface area contributed by atoms with E-state index in [4.69, 9.17) is 4.74 Å². The first-order valence-corrected chi connectivity index (χ1v) is 8.49. The highest BCUT2D eigenvalue weighted by atomic mass is 32.1. The van der Waals surface area contributed by atoms with E-state index in [1.807, 2.05) is 13.8 Å². The number of nitro benzene ring substituents is 1. The molecule has 0 aliphatic rings. The first kappa shape index (κ1) is 18.6. The minimum Gasteiger partial charge on any atom is -0.448 e. The molecule has 132 valence electrons. The van der Waals surface area contributed by atoms with Crippen LogP contribution < -0.4 is 5.32 Å². The number of amides is 1. The van der Waals surface area contributed by atoms with E-state index in [0.717, 1.165) is 16.9 Å². The van der Waals surface area contributed by atoms with Crippen LogP contribution in [0, 0.1) is 17.0 Å². The predicted octanol–water partition coefficient (Wildman–Crippen LogP) is 3.71. The Kier molecular flexibility index (Phi) is 5.87. The summed E-state index contributed by atoms with van der Waals surface area (Å²) in [6.45, 7) is 5.41. The Morgan fingerprint density at radius 1 is 1.32 bits per heavy atom. The normalized spacial score (nSPS) is 11.6. The molecule has 1 aromatic heterocycles. The van der Waals surface area contributed by atoms with Crippen LogP contribution in [-0.2, 0) is 16.0 Å². The van der Waals surface area contributed by atoms with Crippen LogP contribution in [0.2, 0.25) is 0 Å². The van der Waals surface area contributed by atoms with Gasteiger partial charge in [0.15, 0.2) is 6.10 Å². The number of anilines is 1. The molecule has 1 aromatic carbocycles. The maximum absolute atomic E-state index is 12.1. The van der Waals surface area contributed by atoms with Gasteiger partial charge >= 0.3 is 5.97 Å². The molecule has 0 spiro atoms. The number of ether oxygens (including phenoxy) is 1. The Balaban J connectivity index is 1.97. The van der Waals surface area contributed by atoms with Gasteiger partial charge in [-0.3, -0.25) is 14.9 Å². The van der Waals surface area contributed by atoms with Crippen LogP contribution in [0.3, 0.4) is 0 Å². The summed E-state index contributed by atoms with van der Waals surface area (Å²) in [5, 5.41) is 13.2. The van der Waals surface area contributed by atoms with Gasteiger partial charge in [-0.2, -0.15) is 0 Å². The number of thiophene rings is 1. The molecule has 0 aliphatic heterocycles. The van der Waals surface area contributed by atoms with E-state index in [0.29, 0.717) is 10.6 Å². The van der Waals surface area contributed by atoms with Gasteiger partial charge < -0.3 is 10.1 Å². The fourth-order valence-electron chi connectivity index (χ4n) is 2.15. The lowest BCUT2D eigenvalue weighted by molar-refractivity contribution is -0.384. The minimum atomic E-state index is -0.991. The lowest BCUT2D eigenvalue weighted by Gasteiger charge is -2.12. The smallest absolute Gasteiger partial charge is 0.349 e. The highest BCUT2D eigenvalue weighted by molar-refractivity contribution is 7.14. The molecule has 0 radical (unpaired) electrons. The van der Waals surface area contributed by atoms with Crippen LogP contribution in [0.15, 0.2) is 30.3 Å². The van der Waals surface area contributed by atoms with Crippen LogP contribution in [0.25, 0.3) is 0 Å². The monoisotopic (exact) mass is 362 g/mol. The highest BCUT2D eigenvalue weighted by Gasteiger charge is 2.21. The van der Waals surface area contributed by atoms with Crippen molar-refractivity contribution in [3.63, 3.8) is 0 Å². The fraction of sp³-hybridized carbons (Fsp3) is 0.294. The second-order valence-corrected chi connectivity index (χ2v) is 6.64. The zero-order valence-electron chi connectivity index (χ0n) is 14.1. The standard InChI is InChI=1S/C17H18N2O5S/c1-4-12-9-15(25-11(12)3)17(21)24-10(2)16(20)18-13-5-7-14(8-6-13)19(22)23/h5-10H,4H2,1-3H3,(H,18,20). The first-order valence-electron chi connectivity index (χ1n) is 7.67. The zero-order chi connectivity index (χ0) is 18.6. The lowest BCUT2D eigenvalue weighted by Crippen LogP contribution is -2.29. The van der Waals surface area contributed by atoms with Crippen molar-refractivity contribution in [1.29, 1.82) is 0 Å². The Bertz CT molecular complexity index is 798. The number of esters is 1. The molecule has 7 nitrogen and oxygen atoms in total. The maximum atomic E-state index is 12.1. The largest absolute Gasteiger partial charge is 0.448 e. The van der Waals surface area contributed by atoms with Crippen molar-refractivity contribution in [2.45, 2.75) is 33.3 Å². The van der Waals surface area contributed by atoms with Gasteiger partial charge in [0.05, 0.1) is 4.92 Å². The molecule has 2 aromatic rings. The Hall–Kier alpha value is -2.74. The van der Waals surface area contributed by atoms with Crippen molar-refractivity contribution in [3.05, 3.63) is 55.8 Å². The molecule has 0 saturated heterocycles. The molecule has 1 heterocycles. The summed E-state index contributed by atoms with van der Waals surface area (Å²) in [5.74, 6) is -1.05. The Labute approximate surface area is 148 Å². The first-order chi connectivity index (χ1) is 11.8. The number of benzene rings is 1. The van der Waals surface area contributed by atoms with E-state index in [9.17, 15) is 19.7 Å². The molecule has 1 unspecified atom stereocenters. The van der Waals surface area contributed by atoms with Crippen LogP contribution in [-0.4, -0.2) is 22.9 Å². The van der Waals surface area contributed by atoms with Gasteiger partial charge in [-0.15, -0.1) is 11.3 Å². The molecule has 0 bridgehead atoms. The number of nitrogens with zero attached hydrogens (tertiary/aromatic N) is 1. The summed E-state index contributed by atoms with van der Waals surface area (Å²) in [4.78, 5) is 35.9. The number of non-ortho nitro benzene ring substituents is 1. The Morgan fingerprint density at radius 2 is 1.96 bits per heavy atom. The second kappa shape index (κ2) is 7.89. The molecule has 0 aliphatic carbocycles. The van der Waals surface area contributed by atoms with Crippen LogP contribution in [0.5, 0.6) is 0 Å². The maximum Gasteiger partial charge on any atom is 0.349 e. The van der Waals surface area contributed by atoms with E-state index in [-0.39, 0.29) is 5.69 Å². The van der Waals surface area contributed by atoms with Crippen molar-refractivity contribution < 1.29 is 19.2 Å². The molecule has 25 heavy (non-hydrogen) atoms. The van der Waals surface area contributed by atoms with Gasteiger partial charge in [0, 0.05) is 22.7 Å². The third-order valence-electron chi connectivity index (χ3n) is 3.60. The zero-order valence-corrected chi connectivity index (χ0v) is 14.9. The molecule has 0 saturated carbocycles. The van der Waals surface area contributed by atoms with Crippen molar-refractivity contribution >= 4 is 34.6 Å². The van der Waals surface area contributed by atoms with Gasteiger partial charge in [0.25, 0.3) is 11.6 Å². The topological polar surface area (TPSA) is 98.5 Å². The third-order valence-corrected chi connectivity index (χ3v) is 4.67. The van der Waals surface area contributed by atoms with Gasteiger partial charge in [0.1, 0.15) is 4.88 Å². The second-order valence-electron chi connectivity index (χ2n) is 5.39. The van der Waals surface area contributed by atoms with Crippen molar-refractivity contribution in [3.8, 4) is 0 Å². The van der Waals surface area contributed by atoms with Crippen molar-refractivity contribution in [2.24, 2.45) is 0 Å². The van der Waals surface area contributed by atoms with Crippen molar-refractivity contribution in [2.75, 3.05) is 5.32 Å². The molecule has 2 rings (SSSR count). The third kappa shape index (κ3) is 4.63. The number of hydrogen-bond acceptors (Lipinski definition) is 6. The summed E-state index contributed by atoms with van der Waals surface area (Å²) < 4.78 is 5.20. The van der Waals surface area contributed by atoms with Crippen LogP contribution >= 0.6 is 11.3 Å². The summed E-state index contributed by atoms with van der Waals surface area (Å²) in [5.41, 5.74) is 1.40. The predicted molar refractivity (Wildman–Crippen MR) is 95.0 cm³/mol. The van der Waals surface area contributed by atoms with E-state index >= 15 is 0 Å². The van der Waals surface area contributed by atoms with Crippen LogP contribution in [0.1, 0.15) is 34.0 Å². The number of rotatable bonds is 6. The lowest BCUT2D eigenvalue weighted by atomic mass is 10.2. The number of carbonyl (C=O) groups excluding carboxylic acids is 2. The van der Waals surface area contributed by atoms with E-state index < -0.39 is 22.9 Å². The average molecular weight is 362 g/mol. The molecule has 8 heteroatoms. The summed E-state index contributed by atoms with van der Waals surface area (Å²) in [6, 6.07) is 7.19. The number of nitrogens with one attached hydrogen (secondary N) is 1. The molecule has 1 atom stereocenters. The molecule has 1 amide bonds. The number of nitro groups is 1. The number of hydrogen-bond donors (Lipinski definition) is 1. The van der Waals surface area contributed by atoms with E-state index in [2.05, 4.69) is 5.32 Å². The highest BCUT2D eigenvalue weighted by Crippen LogP contribution is 2.23. The summed E-state index contributed by atoms with van der Waals surface area (Å²) in [6.07, 6.45) is -0.165. The van der Waals surface area contributed by atoms with E-state index in [1.165, 1.54) is 42.5 Å². The summed E-state index contributed by atoms with van der Waals surface area (Å²) in [7, 11) is 0. The van der Waals surface area contributed by atoms with Crippen molar-refractivity contribution in [1.82, 2.24) is 0 Å². The van der Waals surface area contributed by atoms with Crippen LogP contribution in [0.4, 0.5) is 11.4 Å². The molecular weight excluding hydrogens is 344 g/mol. The van der Waals surface area contributed by atoms with Gasteiger partial charge in [0.2, 0.25) is 0 Å². The quantitative estimate of drug-likeness (QED) is 0.480. The molecular formula is C17H18N2O5S. The molecule has 1 N–H and O–H groups in total. The average Bonchev–Trinajstić information content (AvgIpc) is 2.96.